The third kappa shape index (κ3) is 3.78. The minimum Gasteiger partial charge on any atom is -0.405 e. The minimum absolute atomic E-state index is 0.0821. The van der Waals surface area contributed by atoms with Gasteiger partial charge in [-0.3, -0.25) is 0 Å². The molecule has 0 aliphatic carbocycles. The van der Waals surface area contributed by atoms with Crippen molar-refractivity contribution in [2.75, 3.05) is 13.2 Å². The van der Waals surface area contributed by atoms with Crippen LogP contribution in [-0.4, -0.2) is 32.2 Å². The van der Waals surface area contributed by atoms with E-state index in [1.807, 2.05) is 19.1 Å². The second kappa shape index (κ2) is 7.19. The lowest BCUT2D eigenvalue weighted by Crippen LogP contribution is -2.68. The molecule has 2 rings (SSSR count). The second-order valence-electron chi connectivity index (χ2n) is 7.76. The first-order valence-electron chi connectivity index (χ1n) is 8.38. The number of nitrogens with two attached hydrogens (primary N) is 1. The van der Waals surface area contributed by atoms with E-state index >= 15 is 0 Å². The van der Waals surface area contributed by atoms with Gasteiger partial charge in [-0.1, -0.05) is 81.4 Å². The highest BCUT2D eigenvalue weighted by molar-refractivity contribution is 6.99. The van der Waals surface area contributed by atoms with Gasteiger partial charge in [0.15, 0.2) is 0 Å². The highest BCUT2D eigenvalue weighted by Gasteiger charge is 2.50. The molecule has 0 saturated heterocycles. The lowest BCUT2D eigenvalue weighted by molar-refractivity contribution is 0.140. The first-order chi connectivity index (χ1) is 11.2. The topological polar surface area (TPSA) is 55.5 Å². The van der Waals surface area contributed by atoms with Crippen LogP contribution in [0.15, 0.2) is 60.7 Å². The monoisotopic (exact) mass is 343 g/mol. The molecule has 0 heterocycles. The maximum Gasteiger partial charge on any atom is 0.261 e. The van der Waals surface area contributed by atoms with Gasteiger partial charge in [-0.05, 0) is 22.3 Å². The number of aliphatic hydroxyl groups excluding tert-OH is 1. The summed E-state index contributed by atoms with van der Waals surface area (Å²) in [6, 6.07) is 20.9. The van der Waals surface area contributed by atoms with Gasteiger partial charge in [0.05, 0.1) is 18.8 Å². The summed E-state index contributed by atoms with van der Waals surface area (Å²) < 4.78 is 6.68. The fourth-order valence-electron chi connectivity index (χ4n) is 3.08. The Bertz CT molecular complexity index is 596. The Morgan fingerprint density at radius 3 is 1.62 bits per heavy atom. The quantitative estimate of drug-likeness (QED) is 0.791. The van der Waals surface area contributed by atoms with Crippen molar-refractivity contribution >= 4 is 18.7 Å². The summed E-state index contributed by atoms with van der Waals surface area (Å²) in [5.41, 5.74) is 5.41. The Balaban J connectivity index is 2.62. The fourth-order valence-corrected chi connectivity index (χ4v) is 7.78. The van der Waals surface area contributed by atoms with Gasteiger partial charge in [0.2, 0.25) is 0 Å². The highest BCUT2D eigenvalue weighted by atomic mass is 28.4. The molecule has 2 aromatic carbocycles. The van der Waals surface area contributed by atoms with E-state index in [0.717, 1.165) is 0 Å². The van der Waals surface area contributed by atoms with E-state index in [1.54, 1.807) is 0 Å². The molecule has 0 unspecified atom stereocenters. The van der Waals surface area contributed by atoms with E-state index in [4.69, 9.17) is 10.2 Å². The van der Waals surface area contributed by atoms with E-state index in [9.17, 15) is 5.11 Å². The van der Waals surface area contributed by atoms with E-state index in [1.165, 1.54) is 10.4 Å². The zero-order chi connectivity index (χ0) is 17.8. The van der Waals surface area contributed by atoms with E-state index in [-0.39, 0.29) is 11.6 Å². The molecule has 0 saturated carbocycles. The van der Waals surface area contributed by atoms with E-state index in [0.29, 0.717) is 6.61 Å². The molecule has 0 aliphatic rings. The molecule has 0 fully saturated rings. The SMILES string of the molecule is CC(C)(C)[Si](OC[C@@](C)(N)CO)(c1ccccc1)c1ccccc1. The van der Waals surface area contributed by atoms with Crippen molar-refractivity contribution in [1.29, 1.82) is 0 Å². The van der Waals surface area contributed by atoms with Gasteiger partial charge in [0.25, 0.3) is 8.32 Å². The van der Waals surface area contributed by atoms with Gasteiger partial charge < -0.3 is 15.3 Å². The molecular weight excluding hydrogens is 314 g/mol. The smallest absolute Gasteiger partial charge is 0.261 e. The summed E-state index contributed by atoms with van der Waals surface area (Å²) in [6.45, 7) is 8.72. The van der Waals surface area contributed by atoms with Gasteiger partial charge in [0.1, 0.15) is 0 Å². The highest BCUT2D eigenvalue weighted by Crippen LogP contribution is 2.37. The summed E-state index contributed by atoms with van der Waals surface area (Å²) in [5.74, 6) is 0. The van der Waals surface area contributed by atoms with E-state index < -0.39 is 13.9 Å². The molecule has 1 atom stereocenters. The molecule has 2 aromatic rings. The third-order valence-corrected chi connectivity index (χ3v) is 9.38. The first-order valence-corrected chi connectivity index (χ1v) is 10.3. The summed E-state index contributed by atoms with van der Waals surface area (Å²) in [6.07, 6.45) is 0. The minimum atomic E-state index is -2.57. The second-order valence-corrected chi connectivity index (χ2v) is 12.1. The molecule has 3 nitrogen and oxygen atoms in total. The lowest BCUT2D eigenvalue weighted by Gasteiger charge is -2.44. The molecule has 0 spiro atoms. The van der Waals surface area contributed by atoms with Gasteiger partial charge in [-0.25, -0.2) is 0 Å². The van der Waals surface area contributed by atoms with Crippen LogP contribution in [-0.2, 0) is 4.43 Å². The predicted molar refractivity (Wildman–Crippen MR) is 103 cm³/mol. The van der Waals surface area contributed by atoms with Crippen LogP contribution in [0.3, 0.4) is 0 Å². The summed E-state index contributed by atoms with van der Waals surface area (Å²) in [5, 5.41) is 11.9. The molecule has 0 bridgehead atoms. The number of benzene rings is 2. The van der Waals surface area contributed by atoms with Crippen molar-refractivity contribution in [2.24, 2.45) is 5.73 Å². The average molecular weight is 344 g/mol. The normalized spacial score (nSPS) is 15.1. The van der Waals surface area contributed by atoms with Crippen molar-refractivity contribution in [3.05, 3.63) is 60.7 Å². The molecular formula is C20H29NO2Si. The van der Waals surface area contributed by atoms with Crippen LogP contribution < -0.4 is 16.1 Å². The summed E-state index contributed by atoms with van der Waals surface area (Å²) in [4.78, 5) is 0. The Kier molecular flexibility index (Phi) is 5.66. The first kappa shape index (κ1) is 18.9. The summed E-state index contributed by atoms with van der Waals surface area (Å²) >= 11 is 0. The van der Waals surface area contributed by atoms with Crippen LogP contribution in [0.25, 0.3) is 0 Å². The molecule has 130 valence electrons. The van der Waals surface area contributed by atoms with Gasteiger partial charge in [-0.2, -0.15) is 0 Å². The molecule has 0 amide bonds. The zero-order valence-electron chi connectivity index (χ0n) is 15.1. The van der Waals surface area contributed by atoms with Crippen molar-refractivity contribution in [3.8, 4) is 0 Å². The van der Waals surface area contributed by atoms with Crippen molar-refractivity contribution in [1.82, 2.24) is 0 Å². The maximum absolute atomic E-state index is 9.55. The largest absolute Gasteiger partial charge is 0.405 e. The maximum atomic E-state index is 9.55. The molecule has 24 heavy (non-hydrogen) atoms. The van der Waals surface area contributed by atoms with Crippen LogP contribution in [0.2, 0.25) is 5.04 Å². The number of hydrogen-bond acceptors (Lipinski definition) is 3. The summed E-state index contributed by atoms with van der Waals surface area (Å²) in [7, 11) is -2.57. The molecule has 0 aromatic heterocycles. The third-order valence-electron chi connectivity index (χ3n) is 4.40. The number of rotatable bonds is 6. The number of hydrogen-bond donors (Lipinski definition) is 2. The predicted octanol–water partition coefficient (Wildman–Crippen LogP) is 2.27. The lowest BCUT2D eigenvalue weighted by atomic mass is 10.1. The van der Waals surface area contributed by atoms with Gasteiger partial charge in [-0.15, -0.1) is 0 Å². The standard InChI is InChI=1S/C20H29NO2Si/c1-19(2,3)24(17-11-7-5-8-12-17,18-13-9-6-10-14-18)23-16-20(4,21)15-22/h5-14,22H,15-16,21H2,1-4H3/t20-/m0/s1. The van der Waals surface area contributed by atoms with E-state index in [2.05, 4.69) is 69.3 Å². The molecule has 4 heteroatoms. The van der Waals surface area contributed by atoms with Crippen molar-refractivity contribution in [2.45, 2.75) is 38.3 Å². The van der Waals surface area contributed by atoms with Crippen LogP contribution in [0.5, 0.6) is 0 Å². The molecule has 0 radical (unpaired) electrons. The van der Waals surface area contributed by atoms with Crippen LogP contribution in [0.4, 0.5) is 0 Å². The Morgan fingerprint density at radius 1 is 0.875 bits per heavy atom. The molecule has 3 N–H and O–H groups in total. The Morgan fingerprint density at radius 2 is 1.29 bits per heavy atom. The van der Waals surface area contributed by atoms with Crippen LogP contribution in [0.1, 0.15) is 27.7 Å². The van der Waals surface area contributed by atoms with Crippen molar-refractivity contribution < 1.29 is 9.53 Å². The average Bonchev–Trinajstić information content (AvgIpc) is 2.56. The zero-order valence-corrected chi connectivity index (χ0v) is 16.1. The Hall–Kier alpha value is -1.46. The number of aliphatic hydroxyl groups is 1. The van der Waals surface area contributed by atoms with Gasteiger partial charge >= 0.3 is 0 Å². The molecule has 0 aliphatic heterocycles. The Labute approximate surface area is 146 Å². The fraction of sp³-hybridized carbons (Fsp3) is 0.400. The van der Waals surface area contributed by atoms with Crippen molar-refractivity contribution in [3.63, 3.8) is 0 Å². The van der Waals surface area contributed by atoms with Gasteiger partial charge in [0, 0.05) is 0 Å². The van der Waals surface area contributed by atoms with Crippen LogP contribution >= 0.6 is 0 Å². The van der Waals surface area contributed by atoms with Crippen LogP contribution in [0, 0.1) is 0 Å².